The second-order valence-electron chi connectivity index (χ2n) is 10.5. The Balaban J connectivity index is 1.51. The number of rotatable bonds is 4. The van der Waals surface area contributed by atoms with Crippen LogP contribution in [0.2, 0.25) is 0 Å². The molecule has 3 N–H and O–H groups in total. The summed E-state index contributed by atoms with van der Waals surface area (Å²) < 4.78 is 5.90. The summed E-state index contributed by atoms with van der Waals surface area (Å²) in [4.78, 5) is 60.1. The van der Waals surface area contributed by atoms with Gasteiger partial charge in [-0.3, -0.25) is 24.3 Å². The van der Waals surface area contributed by atoms with Gasteiger partial charge in [0.2, 0.25) is 11.8 Å². The first-order valence-electron chi connectivity index (χ1n) is 13.4. The molecule has 0 fully saturated rings. The molecule has 3 amide bonds. The van der Waals surface area contributed by atoms with Gasteiger partial charge in [-0.1, -0.05) is 20.3 Å². The van der Waals surface area contributed by atoms with Crippen LogP contribution in [0.15, 0.2) is 20.7 Å². The maximum absolute atomic E-state index is 13.4. The molecular formula is C26H34N8O4S2. The van der Waals surface area contributed by atoms with Crippen LogP contribution in [0.3, 0.4) is 0 Å². The Kier molecular flexibility index (Phi) is 8.29. The number of hydrogen-bond donors (Lipinski definition) is 3. The van der Waals surface area contributed by atoms with Gasteiger partial charge in [0.15, 0.2) is 6.04 Å². The first kappa shape index (κ1) is 28.3. The van der Waals surface area contributed by atoms with Crippen molar-refractivity contribution in [1.82, 2.24) is 30.8 Å². The SMILES string of the molecule is CC[C@H](C)[C@@H]1NC(=O)C2N=C(OC2C)[C@H](C)NC(=O)c2csc(n2)[C@H](CC2C=NCN2C)NC(=O)c2csc1n2. The highest BCUT2D eigenvalue weighted by Crippen LogP contribution is 2.30. The van der Waals surface area contributed by atoms with E-state index in [1.54, 1.807) is 24.6 Å². The Hall–Kier alpha value is -3.23. The minimum Gasteiger partial charge on any atom is -0.474 e. The second-order valence-corrected chi connectivity index (χ2v) is 12.3. The summed E-state index contributed by atoms with van der Waals surface area (Å²) in [5, 5.41) is 13.7. The van der Waals surface area contributed by atoms with Gasteiger partial charge >= 0.3 is 0 Å². The summed E-state index contributed by atoms with van der Waals surface area (Å²) in [6.45, 7) is 8.20. The number of ether oxygens (including phenoxy) is 1. The maximum atomic E-state index is 13.4. The van der Waals surface area contributed by atoms with Gasteiger partial charge in [-0.25, -0.2) is 15.0 Å². The number of carbonyl (C=O) groups is 3. The first-order valence-corrected chi connectivity index (χ1v) is 15.2. The molecule has 12 nitrogen and oxygen atoms in total. The van der Waals surface area contributed by atoms with Gasteiger partial charge < -0.3 is 20.7 Å². The van der Waals surface area contributed by atoms with Gasteiger partial charge in [-0.2, -0.15) is 0 Å². The minimum atomic E-state index is -0.772. The van der Waals surface area contributed by atoms with E-state index in [1.165, 1.54) is 22.7 Å². The maximum Gasteiger partial charge on any atom is 0.271 e. The van der Waals surface area contributed by atoms with Crippen LogP contribution in [-0.2, 0) is 9.53 Å². The summed E-state index contributed by atoms with van der Waals surface area (Å²) in [5.41, 5.74) is 0.497. The van der Waals surface area contributed by atoms with Crippen molar-refractivity contribution in [1.29, 1.82) is 0 Å². The van der Waals surface area contributed by atoms with Crippen LogP contribution in [0.25, 0.3) is 0 Å². The fourth-order valence-corrected chi connectivity index (χ4v) is 6.65. The van der Waals surface area contributed by atoms with Crippen LogP contribution in [0, 0.1) is 5.92 Å². The third-order valence-corrected chi connectivity index (χ3v) is 9.41. The third kappa shape index (κ3) is 5.79. The Labute approximate surface area is 240 Å². The van der Waals surface area contributed by atoms with Crippen molar-refractivity contribution >= 4 is 52.5 Å². The van der Waals surface area contributed by atoms with E-state index in [0.29, 0.717) is 29.0 Å². The molecule has 2 aromatic rings. The predicted octanol–water partition coefficient (Wildman–Crippen LogP) is 2.32. The van der Waals surface area contributed by atoms with E-state index in [4.69, 9.17) is 4.74 Å². The summed E-state index contributed by atoms with van der Waals surface area (Å²) >= 11 is 2.65. The van der Waals surface area contributed by atoms with Crippen molar-refractivity contribution in [3.63, 3.8) is 0 Å². The van der Waals surface area contributed by atoms with Crippen molar-refractivity contribution in [3.8, 4) is 0 Å². The van der Waals surface area contributed by atoms with E-state index < -0.39 is 36.2 Å². The lowest BCUT2D eigenvalue weighted by Crippen LogP contribution is -2.42. The zero-order chi connectivity index (χ0) is 28.6. The van der Waals surface area contributed by atoms with Crippen LogP contribution >= 0.6 is 22.7 Å². The highest BCUT2D eigenvalue weighted by molar-refractivity contribution is 7.10. The van der Waals surface area contributed by atoms with E-state index in [2.05, 4.69) is 40.8 Å². The van der Waals surface area contributed by atoms with Gasteiger partial charge in [0.25, 0.3) is 11.8 Å². The van der Waals surface area contributed by atoms with Crippen molar-refractivity contribution < 1.29 is 19.1 Å². The number of amides is 3. The van der Waals surface area contributed by atoms with Crippen LogP contribution in [0.4, 0.5) is 0 Å². The number of carbonyl (C=O) groups excluding carboxylic acids is 3. The second kappa shape index (κ2) is 11.7. The lowest BCUT2D eigenvalue weighted by Gasteiger charge is -2.24. The summed E-state index contributed by atoms with van der Waals surface area (Å²) in [6.07, 6.45) is 2.70. The average Bonchev–Trinajstić information content (AvgIpc) is 3.73. The fraction of sp³-hybridized carbons (Fsp3) is 0.577. The first-order chi connectivity index (χ1) is 19.1. The van der Waals surface area contributed by atoms with Crippen LogP contribution in [0.5, 0.6) is 0 Å². The summed E-state index contributed by atoms with van der Waals surface area (Å²) in [5.74, 6) is -0.673. The number of fused-ring (bicyclic) bond motifs is 5. The molecule has 3 aliphatic heterocycles. The largest absolute Gasteiger partial charge is 0.474 e. The molecule has 0 aliphatic carbocycles. The van der Waals surface area contributed by atoms with Crippen LogP contribution < -0.4 is 16.0 Å². The van der Waals surface area contributed by atoms with E-state index in [9.17, 15) is 14.4 Å². The average molecular weight is 587 g/mol. The number of hydrogen-bond acceptors (Lipinski definition) is 11. The van der Waals surface area contributed by atoms with E-state index in [1.807, 2.05) is 27.1 Å². The lowest BCUT2D eigenvalue weighted by molar-refractivity contribution is -0.124. The number of aromatic nitrogens is 2. The van der Waals surface area contributed by atoms with Crippen molar-refractivity contribution in [3.05, 3.63) is 32.2 Å². The molecule has 0 radical (unpaired) electrons. The molecular weight excluding hydrogens is 552 g/mol. The zero-order valence-electron chi connectivity index (χ0n) is 23.1. The van der Waals surface area contributed by atoms with Crippen molar-refractivity contribution in [2.75, 3.05) is 13.7 Å². The number of nitrogens with one attached hydrogen (secondary N) is 3. The molecule has 7 atom stereocenters. The molecule has 0 spiro atoms. The molecule has 5 rings (SSSR count). The fourth-order valence-electron chi connectivity index (χ4n) is 4.81. The summed E-state index contributed by atoms with van der Waals surface area (Å²) in [6, 6.07) is -2.19. The molecule has 6 bridgehead atoms. The predicted molar refractivity (Wildman–Crippen MR) is 153 cm³/mol. The molecule has 3 aliphatic rings. The molecule has 14 heteroatoms. The Morgan fingerprint density at radius 2 is 1.73 bits per heavy atom. The molecule has 0 saturated heterocycles. The monoisotopic (exact) mass is 586 g/mol. The highest BCUT2D eigenvalue weighted by atomic mass is 32.1. The molecule has 3 unspecified atom stereocenters. The van der Waals surface area contributed by atoms with Gasteiger partial charge in [-0.15, -0.1) is 22.7 Å². The number of nitrogens with zero attached hydrogens (tertiary/aromatic N) is 5. The number of thiazole rings is 2. The van der Waals surface area contributed by atoms with Crippen molar-refractivity contribution in [2.45, 2.75) is 76.8 Å². The topological polar surface area (TPSA) is 150 Å². The van der Waals surface area contributed by atoms with Gasteiger partial charge in [0.05, 0.1) is 18.8 Å². The number of aliphatic imine (C=N–C) groups is 2. The Morgan fingerprint density at radius 3 is 2.40 bits per heavy atom. The third-order valence-electron chi connectivity index (χ3n) is 7.52. The molecule has 214 valence electrons. The summed E-state index contributed by atoms with van der Waals surface area (Å²) in [7, 11) is 1.97. The lowest BCUT2D eigenvalue weighted by atomic mass is 9.99. The minimum absolute atomic E-state index is 0.00723. The molecule has 5 heterocycles. The molecule has 2 aromatic heterocycles. The van der Waals surface area contributed by atoms with Crippen molar-refractivity contribution in [2.24, 2.45) is 15.9 Å². The quantitative estimate of drug-likeness (QED) is 0.498. The Bertz CT molecular complexity index is 1340. The standard InChI is InChI=1S/C26H34N8O4S2/c1-6-12(2)19-26-31-18(10-40-26)22(36)29-16(7-15-8-27-11-34(15)5)25-30-17(9-39-25)21(35)28-13(3)24-33-20(14(4)38-24)23(37)32-19/h8-10,12-16,19-20H,6-7,11H2,1-5H3,(H,28,35)(H,29,36)(H,32,37)/t12-,13-,14?,15?,16-,19-,20?/m0/s1. The highest BCUT2D eigenvalue weighted by Gasteiger charge is 2.38. The molecule has 40 heavy (non-hydrogen) atoms. The normalized spacial score (nSPS) is 30.0. The van der Waals surface area contributed by atoms with Crippen LogP contribution in [-0.4, -0.2) is 82.6 Å². The van der Waals surface area contributed by atoms with E-state index in [-0.39, 0.29) is 35.2 Å². The Morgan fingerprint density at radius 1 is 1.05 bits per heavy atom. The van der Waals surface area contributed by atoms with Gasteiger partial charge in [0, 0.05) is 23.0 Å². The van der Waals surface area contributed by atoms with E-state index >= 15 is 0 Å². The molecule has 0 saturated carbocycles. The van der Waals surface area contributed by atoms with Gasteiger partial charge in [0.1, 0.15) is 33.5 Å². The van der Waals surface area contributed by atoms with Gasteiger partial charge in [-0.05, 0) is 33.2 Å². The van der Waals surface area contributed by atoms with E-state index in [0.717, 1.165) is 6.42 Å². The molecule has 0 aromatic carbocycles. The smallest absolute Gasteiger partial charge is 0.271 e. The van der Waals surface area contributed by atoms with Crippen LogP contribution in [0.1, 0.15) is 83.6 Å². The zero-order valence-corrected chi connectivity index (χ0v) is 24.7.